The topological polar surface area (TPSA) is 55.8 Å². The fourth-order valence-electron chi connectivity index (χ4n) is 1.68. The highest BCUT2D eigenvalue weighted by molar-refractivity contribution is 6.30. The van der Waals surface area contributed by atoms with Crippen molar-refractivity contribution in [1.29, 1.82) is 0 Å². The highest BCUT2D eigenvalue weighted by atomic mass is 35.5. The van der Waals surface area contributed by atoms with Gasteiger partial charge in [-0.25, -0.2) is 4.79 Å². The molecule has 1 aromatic rings. The van der Waals surface area contributed by atoms with E-state index in [1.165, 1.54) is 7.11 Å². The van der Waals surface area contributed by atoms with Crippen LogP contribution in [0.1, 0.15) is 13.8 Å². The first-order valence-corrected chi connectivity index (χ1v) is 6.63. The van der Waals surface area contributed by atoms with E-state index in [4.69, 9.17) is 16.3 Å². The van der Waals surface area contributed by atoms with E-state index in [2.05, 4.69) is 4.74 Å². The molecule has 0 saturated heterocycles. The van der Waals surface area contributed by atoms with Crippen molar-refractivity contribution in [2.75, 3.05) is 25.2 Å². The van der Waals surface area contributed by atoms with Gasteiger partial charge in [-0.15, -0.1) is 0 Å². The molecule has 20 heavy (non-hydrogen) atoms. The van der Waals surface area contributed by atoms with E-state index in [0.29, 0.717) is 10.7 Å². The van der Waals surface area contributed by atoms with Gasteiger partial charge in [-0.3, -0.25) is 4.79 Å². The lowest BCUT2D eigenvalue weighted by atomic mass is 10.2. The van der Waals surface area contributed by atoms with Crippen LogP contribution in [-0.4, -0.2) is 38.2 Å². The minimum Gasteiger partial charge on any atom is -0.468 e. The van der Waals surface area contributed by atoms with E-state index in [0.717, 1.165) is 0 Å². The van der Waals surface area contributed by atoms with Crippen molar-refractivity contribution < 1.29 is 19.1 Å². The molecule has 1 aromatic carbocycles. The largest absolute Gasteiger partial charge is 0.468 e. The monoisotopic (exact) mass is 299 g/mol. The number of nitrogens with zero attached hydrogens (tertiary/aromatic N) is 1. The molecule has 0 aliphatic heterocycles. The molecular formula is C14H18ClNO4. The molecule has 0 aromatic heterocycles. The molecule has 0 aliphatic rings. The first-order valence-electron chi connectivity index (χ1n) is 6.25. The van der Waals surface area contributed by atoms with Crippen LogP contribution in [0.4, 0.5) is 5.69 Å². The summed E-state index contributed by atoms with van der Waals surface area (Å²) in [5.41, 5.74) is 0.695. The van der Waals surface area contributed by atoms with Gasteiger partial charge in [0.2, 0.25) is 0 Å². The number of esters is 2. The fraction of sp³-hybridized carbons (Fsp3) is 0.429. The smallest absolute Gasteiger partial charge is 0.328 e. The molecule has 5 nitrogen and oxygen atoms in total. The molecule has 0 spiro atoms. The molecule has 0 radical (unpaired) electrons. The molecule has 0 saturated carbocycles. The highest BCUT2D eigenvalue weighted by Crippen LogP contribution is 2.20. The van der Waals surface area contributed by atoms with Gasteiger partial charge in [0.1, 0.15) is 12.6 Å². The van der Waals surface area contributed by atoms with Gasteiger partial charge < -0.3 is 14.4 Å². The highest BCUT2D eigenvalue weighted by Gasteiger charge is 2.25. The number of hydrogen-bond acceptors (Lipinski definition) is 5. The summed E-state index contributed by atoms with van der Waals surface area (Å²) in [5.74, 6) is -0.831. The van der Waals surface area contributed by atoms with Crippen molar-refractivity contribution in [2.24, 2.45) is 0 Å². The molecular weight excluding hydrogens is 282 g/mol. The van der Waals surface area contributed by atoms with Gasteiger partial charge in [0.25, 0.3) is 0 Å². The van der Waals surface area contributed by atoms with Crippen LogP contribution in [-0.2, 0) is 19.1 Å². The molecule has 0 fully saturated rings. The number of carbonyl (C=O) groups is 2. The SMILES string of the molecule is CCOC(=O)[C@@H](C)N(CC(=O)OC)c1ccc(Cl)cc1. The predicted molar refractivity (Wildman–Crippen MR) is 76.9 cm³/mol. The number of anilines is 1. The van der Waals surface area contributed by atoms with E-state index in [1.807, 2.05) is 0 Å². The second-order valence-electron chi connectivity index (χ2n) is 4.11. The molecule has 6 heteroatoms. The van der Waals surface area contributed by atoms with Crippen LogP contribution in [0.25, 0.3) is 0 Å². The predicted octanol–water partition coefficient (Wildman–Crippen LogP) is 2.27. The Labute approximate surface area is 123 Å². The average molecular weight is 300 g/mol. The van der Waals surface area contributed by atoms with Gasteiger partial charge in [-0.05, 0) is 38.1 Å². The zero-order chi connectivity index (χ0) is 15.1. The standard InChI is InChI=1S/C14H18ClNO4/c1-4-20-14(18)10(2)16(9-13(17)19-3)12-7-5-11(15)6-8-12/h5-8,10H,4,9H2,1-3H3/t10-/m1/s1. The van der Waals surface area contributed by atoms with Gasteiger partial charge in [0, 0.05) is 10.7 Å². The lowest BCUT2D eigenvalue weighted by molar-refractivity contribution is -0.144. The van der Waals surface area contributed by atoms with E-state index in [-0.39, 0.29) is 13.2 Å². The number of halogens is 1. The van der Waals surface area contributed by atoms with Gasteiger partial charge >= 0.3 is 11.9 Å². The first-order chi connectivity index (χ1) is 9.49. The van der Waals surface area contributed by atoms with Crippen molar-refractivity contribution in [3.63, 3.8) is 0 Å². The lowest BCUT2D eigenvalue weighted by Crippen LogP contribution is -2.43. The minimum absolute atomic E-state index is 0.0435. The first kappa shape index (κ1) is 16.3. The van der Waals surface area contributed by atoms with Crippen molar-refractivity contribution in [3.8, 4) is 0 Å². The Kier molecular flexibility index (Phi) is 6.31. The van der Waals surface area contributed by atoms with Crippen LogP contribution in [0.15, 0.2) is 24.3 Å². The number of hydrogen-bond donors (Lipinski definition) is 0. The Morgan fingerprint density at radius 3 is 2.40 bits per heavy atom. The molecule has 0 amide bonds. The van der Waals surface area contributed by atoms with Gasteiger partial charge in [0.05, 0.1) is 13.7 Å². The molecule has 110 valence electrons. The van der Waals surface area contributed by atoms with E-state index in [9.17, 15) is 9.59 Å². The number of benzene rings is 1. The van der Waals surface area contributed by atoms with E-state index in [1.54, 1.807) is 43.0 Å². The van der Waals surface area contributed by atoms with Crippen LogP contribution in [0.3, 0.4) is 0 Å². The van der Waals surface area contributed by atoms with Crippen LogP contribution < -0.4 is 4.90 Å². The maximum atomic E-state index is 11.9. The van der Waals surface area contributed by atoms with Crippen LogP contribution in [0.5, 0.6) is 0 Å². The molecule has 1 rings (SSSR count). The summed E-state index contributed by atoms with van der Waals surface area (Å²) < 4.78 is 9.64. The van der Waals surface area contributed by atoms with Crippen molar-refractivity contribution in [1.82, 2.24) is 0 Å². The molecule has 1 atom stereocenters. The zero-order valence-electron chi connectivity index (χ0n) is 11.8. The molecule has 0 bridgehead atoms. The normalized spacial score (nSPS) is 11.6. The van der Waals surface area contributed by atoms with Gasteiger partial charge in [-0.1, -0.05) is 11.6 Å². The second-order valence-corrected chi connectivity index (χ2v) is 4.54. The Morgan fingerprint density at radius 2 is 1.90 bits per heavy atom. The van der Waals surface area contributed by atoms with Crippen molar-refractivity contribution in [3.05, 3.63) is 29.3 Å². The van der Waals surface area contributed by atoms with Gasteiger partial charge in [-0.2, -0.15) is 0 Å². The summed E-state index contributed by atoms with van der Waals surface area (Å²) in [6.07, 6.45) is 0. The summed E-state index contributed by atoms with van der Waals surface area (Å²) in [7, 11) is 1.30. The Hall–Kier alpha value is -1.75. The average Bonchev–Trinajstić information content (AvgIpc) is 2.45. The lowest BCUT2D eigenvalue weighted by Gasteiger charge is -2.28. The van der Waals surface area contributed by atoms with Gasteiger partial charge in [0.15, 0.2) is 0 Å². The summed E-state index contributed by atoms with van der Waals surface area (Å²) in [6, 6.07) is 6.26. The van der Waals surface area contributed by atoms with Crippen LogP contribution in [0.2, 0.25) is 5.02 Å². The van der Waals surface area contributed by atoms with Crippen molar-refractivity contribution in [2.45, 2.75) is 19.9 Å². The maximum absolute atomic E-state index is 11.9. The summed E-state index contributed by atoms with van der Waals surface area (Å²) in [6.45, 7) is 3.65. The molecule has 0 heterocycles. The Bertz CT molecular complexity index is 461. The molecule has 0 unspecified atom stereocenters. The zero-order valence-corrected chi connectivity index (χ0v) is 12.5. The summed E-state index contributed by atoms with van der Waals surface area (Å²) in [4.78, 5) is 25.0. The number of methoxy groups -OCH3 is 1. The van der Waals surface area contributed by atoms with Crippen LogP contribution >= 0.6 is 11.6 Å². The van der Waals surface area contributed by atoms with Crippen LogP contribution in [0, 0.1) is 0 Å². The summed E-state index contributed by atoms with van der Waals surface area (Å²) >= 11 is 5.84. The number of rotatable bonds is 6. The molecule has 0 aliphatic carbocycles. The Morgan fingerprint density at radius 1 is 1.30 bits per heavy atom. The minimum atomic E-state index is -0.602. The Balaban J connectivity index is 2.98. The third-order valence-electron chi connectivity index (χ3n) is 2.78. The van der Waals surface area contributed by atoms with E-state index < -0.39 is 18.0 Å². The van der Waals surface area contributed by atoms with E-state index >= 15 is 0 Å². The third kappa shape index (κ3) is 4.42. The number of ether oxygens (including phenoxy) is 2. The quantitative estimate of drug-likeness (QED) is 0.754. The van der Waals surface area contributed by atoms with Crippen molar-refractivity contribution >= 4 is 29.2 Å². The second kappa shape index (κ2) is 7.75. The maximum Gasteiger partial charge on any atom is 0.328 e. The molecule has 0 N–H and O–H groups in total. The summed E-state index contributed by atoms with van der Waals surface area (Å²) in [5, 5.41) is 0.579. The number of carbonyl (C=O) groups excluding carboxylic acids is 2. The fourth-order valence-corrected chi connectivity index (χ4v) is 1.80. The third-order valence-corrected chi connectivity index (χ3v) is 3.03.